The lowest BCUT2D eigenvalue weighted by atomic mass is 10.0. The Morgan fingerprint density at radius 3 is 2.62 bits per heavy atom. The van der Waals surface area contributed by atoms with Crippen molar-refractivity contribution in [2.45, 2.75) is 38.9 Å². The fourth-order valence-electron chi connectivity index (χ4n) is 4.09. The number of ether oxygens (including phenoxy) is 2. The first-order chi connectivity index (χ1) is 20.1. The summed E-state index contributed by atoms with van der Waals surface area (Å²) in [6.07, 6.45) is 1.10. The van der Waals surface area contributed by atoms with Gasteiger partial charge in [-0.2, -0.15) is 0 Å². The van der Waals surface area contributed by atoms with Gasteiger partial charge in [0, 0.05) is 11.1 Å². The molecule has 1 amide bonds. The van der Waals surface area contributed by atoms with Crippen LogP contribution in [0.5, 0.6) is 5.75 Å². The fraction of sp³-hybridized carbons (Fsp3) is 0.194. The van der Waals surface area contributed by atoms with Gasteiger partial charge in [-0.05, 0) is 80.9 Å². The standard InChI is InChI=1S/C31H27Cl2FN4O4/c1-31(2,3)42-30(39)35-26-14-20(28-12-9-23(16-32)41-28)7-10-24(26)27-17-38(37-36-27)22-8-11-29(25(33)15-22)40-18-19-5-4-6-21(34)13-19/h4-15,17H,16,18H2,1-3H3,(H,35,39). The van der Waals surface area contributed by atoms with E-state index in [0.29, 0.717) is 50.5 Å². The Labute approximate surface area is 252 Å². The molecule has 8 nitrogen and oxygen atoms in total. The van der Waals surface area contributed by atoms with Gasteiger partial charge < -0.3 is 13.9 Å². The largest absolute Gasteiger partial charge is 0.487 e. The first-order valence-corrected chi connectivity index (χ1v) is 13.9. The molecular formula is C31H27Cl2FN4O4. The minimum atomic E-state index is -0.687. The van der Waals surface area contributed by atoms with Gasteiger partial charge in [0.15, 0.2) is 0 Å². The Morgan fingerprint density at radius 1 is 1.07 bits per heavy atom. The number of rotatable bonds is 8. The number of amides is 1. The molecule has 3 aromatic carbocycles. The third kappa shape index (κ3) is 7.10. The van der Waals surface area contributed by atoms with E-state index in [0.717, 1.165) is 5.56 Å². The molecule has 11 heteroatoms. The SMILES string of the molecule is CC(C)(C)OC(=O)Nc1cc(-c2ccc(CCl)o2)ccc1-c1cn(-c2ccc(OCc3cccc(F)c3)c(Cl)c2)nn1. The molecule has 0 atom stereocenters. The second-order valence-electron chi connectivity index (χ2n) is 10.4. The highest BCUT2D eigenvalue weighted by molar-refractivity contribution is 6.32. The lowest BCUT2D eigenvalue weighted by Crippen LogP contribution is -2.27. The summed E-state index contributed by atoms with van der Waals surface area (Å²) in [5.74, 6) is 1.58. The molecule has 0 saturated carbocycles. The van der Waals surface area contributed by atoms with Crippen molar-refractivity contribution in [3.8, 4) is 34.0 Å². The maximum Gasteiger partial charge on any atom is 0.412 e. The summed E-state index contributed by atoms with van der Waals surface area (Å²) in [4.78, 5) is 12.7. The second-order valence-corrected chi connectivity index (χ2v) is 11.0. The Kier molecular flexibility index (Phi) is 8.51. The predicted octanol–water partition coefficient (Wildman–Crippen LogP) is 8.65. The second kappa shape index (κ2) is 12.3. The van der Waals surface area contributed by atoms with Gasteiger partial charge in [0.2, 0.25) is 0 Å². The monoisotopic (exact) mass is 608 g/mol. The van der Waals surface area contributed by atoms with Crippen LogP contribution in [-0.2, 0) is 17.2 Å². The van der Waals surface area contributed by atoms with Gasteiger partial charge in [-0.15, -0.1) is 16.7 Å². The smallest absolute Gasteiger partial charge is 0.412 e. The number of halogens is 3. The minimum absolute atomic E-state index is 0.166. The number of benzene rings is 3. The molecule has 0 aliphatic heterocycles. The Hall–Kier alpha value is -4.34. The molecule has 5 rings (SSSR count). The molecule has 0 spiro atoms. The number of anilines is 1. The summed E-state index contributed by atoms with van der Waals surface area (Å²) >= 11 is 12.4. The van der Waals surface area contributed by atoms with Gasteiger partial charge in [0.05, 0.1) is 28.5 Å². The van der Waals surface area contributed by atoms with E-state index >= 15 is 0 Å². The lowest BCUT2D eigenvalue weighted by molar-refractivity contribution is 0.0636. The summed E-state index contributed by atoms with van der Waals surface area (Å²) in [7, 11) is 0. The molecular weight excluding hydrogens is 582 g/mol. The average Bonchev–Trinajstić information content (AvgIpc) is 3.62. The van der Waals surface area contributed by atoms with Crippen LogP contribution in [0.1, 0.15) is 32.1 Å². The Morgan fingerprint density at radius 2 is 1.90 bits per heavy atom. The molecule has 2 aromatic heterocycles. The number of hydrogen-bond donors (Lipinski definition) is 1. The molecule has 0 bridgehead atoms. The molecule has 1 N–H and O–H groups in total. The van der Waals surface area contributed by atoms with Crippen LogP contribution in [0.4, 0.5) is 14.9 Å². The fourth-order valence-corrected chi connectivity index (χ4v) is 4.47. The van der Waals surface area contributed by atoms with E-state index in [9.17, 15) is 9.18 Å². The highest BCUT2D eigenvalue weighted by Gasteiger charge is 2.20. The third-order valence-electron chi connectivity index (χ3n) is 5.97. The topological polar surface area (TPSA) is 91.4 Å². The van der Waals surface area contributed by atoms with Crippen molar-refractivity contribution in [1.82, 2.24) is 15.0 Å². The molecule has 5 aromatic rings. The summed E-state index contributed by atoms with van der Waals surface area (Å²) in [6.45, 7) is 5.53. The number of carbonyl (C=O) groups excluding carboxylic acids is 1. The van der Waals surface area contributed by atoms with Gasteiger partial charge in [-0.1, -0.05) is 35.0 Å². The normalized spacial score (nSPS) is 11.4. The summed E-state index contributed by atoms with van der Waals surface area (Å²) in [6, 6.07) is 20.4. The molecule has 0 radical (unpaired) electrons. The van der Waals surface area contributed by atoms with Crippen LogP contribution in [0.3, 0.4) is 0 Å². The van der Waals surface area contributed by atoms with Crippen LogP contribution in [0.15, 0.2) is 83.4 Å². The number of furan rings is 1. The van der Waals surface area contributed by atoms with Crippen LogP contribution in [0.2, 0.25) is 5.02 Å². The van der Waals surface area contributed by atoms with E-state index in [2.05, 4.69) is 15.6 Å². The van der Waals surface area contributed by atoms with E-state index in [1.165, 1.54) is 12.1 Å². The van der Waals surface area contributed by atoms with Gasteiger partial charge in [-0.25, -0.2) is 13.9 Å². The number of nitrogens with zero attached hydrogens (tertiary/aromatic N) is 3. The summed E-state index contributed by atoms with van der Waals surface area (Å²) in [5, 5.41) is 11.8. The number of aromatic nitrogens is 3. The third-order valence-corrected chi connectivity index (χ3v) is 6.52. The maximum absolute atomic E-state index is 13.5. The molecule has 0 fully saturated rings. The van der Waals surface area contributed by atoms with E-state index in [4.69, 9.17) is 37.1 Å². The molecule has 0 saturated heterocycles. The predicted molar refractivity (Wildman–Crippen MR) is 160 cm³/mol. The van der Waals surface area contributed by atoms with Crippen LogP contribution >= 0.6 is 23.2 Å². The lowest BCUT2D eigenvalue weighted by Gasteiger charge is -2.20. The van der Waals surface area contributed by atoms with Gasteiger partial charge in [0.1, 0.15) is 41.0 Å². The van der Waals surface area contributed by atoms with Crippen LogP contribution < -0.4 is 10.1 Å². The molecule has 2 heterocycles. The number of carbonyl (C=O) groups is 1. The van der Waals surface area contributed by atoms with Gasteiger partial charge in [0.25, 0.3) is 0 Å². The van der Waals surface area contributed by atoms with Crippen LogP contribution in [-0.4, -0.2) is 26.7 Å². The van der Waals surface area contributed by atoms with Crippen molar-refractivity contribution in [2.75, 3.05) is 5.32 Å². The van der Waals surface area contributed by atoms with Crippen LogP contribution in [0, 0.1) is 5.82 Å². The zero-order valence-electron chi connectivity index (χ0n) is 23.0. The van der Waals surface area contributed by atoms with Gasteiger partial charge >= 0.3 is 6.09 Å². The molecule has 0 aliphatic rings. The zero-order valence-corrected chi connectivity index (χ0v) is 24.5. The maximum atomic E-state index is 13.5. The van der Waals surface area contributed by atoms with Crippen molar-refractivity contribution >= 4 is 35.0 Å². The highest BCUT2D eigenvalue weighted by atomic mass is 35.5. The Bertz CT molecular complexity index is 1730. The van der Waals surface area contributed by atoms with Gasteiger partial charge in [-0.3, -0.25) is 5.32 Å². The van der Waals surface area contributed by atoms with Crippen LogP contribution in [0.25, 0.3) is 28.3 Å². The molecule has 216 valence electrons. The van der Waals surface area contributed by atoms with Crippen molar-refractivity contribution in [3.05, 3.63) is 101 Å². The molecule has 0 unspecified atom stereocenters. The van der Waals surface area contributed by atoms with Crippen molar-refractivity contribution < 1.29 is 23.1 Å². The van der Waals surface area contributed by atoms with Crippen molar-refractivity contribution in [2.24, 2.45) is 0 Å². The first-order valence-electron chi connectivity index (χ1n) is 13.0. The molecule has 42 heavy (non-hydrogen) atoms. The number of hydrogen-bond acceptors (Lipinski definition) is 6. The summed E-state index contributed by atoms with van der Waals surface area (Å²) < 4.78 is 32.1. The summed E-state index contributed by atoms with van der Waals surface area (Å²) in [5.41, 5.74) is 2.93. The van der Waals surface area contributed by atoms with Crippen molar-refractivity contribution in [1.29, 1.82) is 0 Å². The number of nitrogens with one attached hydrogen (secondary N) is 1. The Balaban J connectivity index is 1.40. The number of alkyl halides is 1. The van der Waals surface area contributed by atoms with E-state index in [1.807, 2.05) is 18.2 Å². The minimum Gasteiger partial charge on any atom is -0.487 e. The highest BCUT2D eigenvalue weighted by Crippen LogP contribution is 2.34. The quantitative estimate of drug-likeness (QED) is 0.177. The van der Waals surface area contributed by atoms with E-state index in [1.54, 1.807) is 74.1 Å². The molecule has 0 aliphatic carbocycles. The zero-order chi connectivity index (χ0) is 29.9. The van der Waals surface area contributed by atoms with E-state index < -0.39 is 11.7 Å². The average molecular weight is 609 g/mol. The van der Waals surface area contributed by atoms with Crippen molar-refractivity contribution in [3.63, 3.8) is 0 Å². The first kappa shape index (κ1) is 29.2. The van der Waals surface area contributed by atoms with E-state index in [-0.39, 0.29) is 18.3 Å².